The van der Waals surface area contributed by atoms with Crippen LogP contribution in [0.4, 0.5) is 4.39 Å². The topological polar surface area (TPSA) is 25.8 Å². The maximum atomic E-state index is 12.7. The lowest BCUT2D eigenvalue weighted by Gasteiger charge is -2.02. The molecule has 0 saturated carbocycles. The predicted octanol–water partition coefficient (Wildman–Crippen LogP) is 2.59. The van der Waals surface area contributed by atoms with Gasteiger partial charge in [-0.05, 0) is 31.2 Å². The second kappa shape index (κ2) is 3.54. The van der Waals surface area contributed by atoms with Crippen LogP contribution in [-0.4, -0.2) is 9.97 Å². The van der Waals surface area contributed by atoms with Crippen LogP contribution in [0.15, 0.2) is 36.7 Å². The number of aryl methyl sites for hydroxylation is 1. The van der Waals surface area contributed by atoms with E-state index < -0.39 is 0 Å². The largest absolute Gasteiger partial charge is 0.258 e. The molecule has 0 aliphatic carbocycles. The Morgan fingerprint density at radius 2 is 1.64 bits per heavy atom. The third kappa shape index (κ3) is 1.62. The zero-order chi connectivity index (χ0) is 9.97. The van der Waals surface area contributed by atoms with Gasteiger partial charge in [-0.3, -0.25) is 9.97 Å². The average molecular weight is 188 g/mol. The summed E-state index contributed by atoms with van der Waals surface area (Å²) >= 11 is 0. The quantitative estimate of drug-likeness (QED) is 0.687. The lowest BCUT2D eigenvalue weighted by Crippen LogP contribution is -1.90. The molecule has 0 saturated heterocycles. The highest BCUT2D eigenvalue weighted by atomic mass is 19.1. The molecule has 0 unspecified atom stereocenters. The van der Waals surface area contributed by atoms with Crippen molar-refractivity contribution in [2.45, 2.75) is 6.92 Å². The molecule has 0 aliphatic heterocycles. The Kier molecular flexibility index (Phi) is 2.23. The van der Waals surface area contributed by atoms with E-state index >= 15 is 0 Å². The van der Waals surface area contributed by atoms with Gasteiger partial charge in [0.15, 0.2) is 0 Å². The molecule has 0 bridgehead atoms. The van der Waals surface area contributed by atoms with Crippen molar-refractivity contribution in [2.75, 3.05) is 0 Å². The lowest BCUT2D eigenvalue weighted by atomic mass is 10.1. The van der Waals surface area contributed by atoms with Crippen molar-refractivity contribution in [3.63, 3.8) is 0 Å². The Morgan fingerprint density at radius 1 is 1.00 bits per heavy atom. The van der Waals surface area contributed by atoms with Crippen molar-refractivity contribution in [2.24, 2.45) is 0 Å². The third-order valence-electron chi connectivity index (χ3n) is 2.00. The van der Waals surface area contributed by atoms with Crippen LogP contribution in [-0.2, 0) is 0 Å². The molecule has 0 aliphatic rings. The van der Waals surface area contributed by atoms with Crippen LogP contribution in [0.5, 0.6) is 0 Å². The minimum absolute atomic E-state index is 0.240. The first-order valence-electron chi connectivity index (χ1n) is 4.31. The van der Waals surface area contributed by atoms with Crippen LogP contribution in [0.1, 0.15) is 5.69 Å². The summed E-state index contributed by atoms with van der Waals surface area (Å²) < 4.78 is 12.7. The van der Waals surface area contributed by atoms with E-state index in [1.165, 1.54) is 12.1 Å². The molecule has 0 radical (unpaired) electrons. The first-order chi connectivity index (χ1) is 6.77. The number of aromatic nitrogens is 2. The fourth-order valence-corrected chi connectivity index (χ4v) is 1.30. The van der Waals surface area contributed by atoms with E-state index in [1.807, 2.05) is 6.92 Å². The third-order valence-corrected chi connectivity index (χ3v) is 2.00. The summed E-state index contributed by atoms with van der Waals surface area (Å²) in [5, 5.41) is 0. The van der Waals surface area contributed by atoms with Crippen LogP contribution in [0.25, 0.3) is 11.3 Å². The van der Waals surface area contributed by atoms with E-state index in [0.717, 1.165) is 17.0 Å². The fourth-order valence-electron chi connectivity index (χ4n) is 1.30. The van der Waals surface area contributed by atoms with Gasteiger partial charge in [0.1, 0.15) is 5.82 Å². The summed E-state index contributed by atoms with van der Waals surface area (Å²) in [6.45, 7) is 1.88. The number of rotatable bonds is 1. The molecule has 1 aromatic carbocycles. The smallest absolute Gasteiger partial charge is 0.123 e. The van der Waals surface area contributed by atoms with Crippen molar-refractivity contribution < 1.29 is 4.39 Å². The minimum atomic E-state index is -0.240. The van der Waals surface area contributed by atoms with E-state index in [0.29, 0.717) is 0 Å². The summed E-state index contributed by atoms with van der Waals surface area (Å²) in [5.41, 5.74) is 2.53. The Labute approximate surface area is 81.5 Å². The highest BCUT2D eigenvalue weighted by molar-refractivity contribution is 5.60. The molecule has 3 heteroatoms. The predicted molar refractivity (Wildman–Crippen MR) is 52.2 cm³/mol. The van der Waals surface area contributed by atoms with Gasteiger partial charge in [0, 0.05) is 18.0 Å². The molecular formula is C11H9FN2. The SMILES string of the molecule is Cc1nccnc1-c1ccc(F)cc1. The molecular weight excluding hydrogens is 179 g/mol. The average Bonchev–Trinajstić information content (AvgIpc) is 2.20. The van der Waals surface area contributed by atoms with Crippen LogP contribution in [0.3, 0.4) is 0 Å². The van der Waals surface area contributed by atoms with E-state index in [2.05, 4.69) is 9.97 Å². The molecule has 0 atom stereocenters. The molecule has 2 rings (SSSR count). The molecule has 0 N–H and O–H groups in total. The molecule has 14 heavy (non-hydrogen) atoms. The molecule has 70 valence electrons. The van der Waals surface area contributed by atoms with Crippen LogP contribution >= 0.6 is 0 Å². The maximum absolute atomic E-state index is 12.7. The second-order valence-corrected chi connectivity index (χ2v) is 3.00. The van der Waals surface area contributed by atoms with Gasteiger partial charge in [0.25, 0.3) is 0 Å². The van der Waals surface area contributed by atoms with E-state index in [9.17, 15) is 4.39 Å². The van der Waals surface area contributed by atoms with Gasteiger partial charge in [-0.25, -0.2) is 4.39 Å². The van der Waals surface area contributed by atoms with Crippen LogP contribution in [0.2, 0.25) is 0 Å². The monoisotopic (exact) mass is 188 g/mol. The van der Waals surface area contributed by atoms with E-state index in [1.54, 1.807) is 24.5 Å². The lowest BCUT2D eigenvalue weighted by molar-refractivity contribution is 0.628. The van der Waals surface area contributed by atoms with Gasteiger partial charge in [0.05, 0.1) is 11.4 Å². The highest BCUT2D eigenvalue weighted by Gasteiger charge is 2.02. The molecule has 1 heterocycles. The van der Waals surface area contributed by atoms with Gasteiger partial charge in [-0.15, -0.1) is 0 Å². The van der Waals surface area contributed by atoms with Crippen molar-refractivity contribution >= 4 is 0 Å². The normalized spacial score (nSPS) is 10.1. The molecule has 2 aromatic rings. The minimum Gasteiger partial charge on any atom is -0.258 e. The number of hydrogen-bond donors (Lipinski definition) is 0. The number of nitrogens with zero attached hydrogens (tertiary/aromatic N) is 2. The first-order valence-corrected chi connectivity index (χ1v) is 4.31. The summed E-state index contributed by atoms with van der Waals surface area (Å²) in [7, 11) is 0. The van der Waals surface area contributed by atoms with Gasteiger partial charge >= 0.3 is 0 Å². The zero-order valence-corrected chi connectivity index (χ0v) is 7.74. The Balaban J connectivity index is 2.50. The molecule has 0 fully saturated rings. The first kappa shape index (κ1) is 8.81. The van der Waals surface area contributed by atoms with Crippen LogP contribution in [0, 0.1) is 12.7 Å². The van der Waals surface area contributed by atoms with Crippen molar-refractivity contribution in [3.05, 3.63) is 48.2 Å². The second-order valence-electron chi connectivity index (χ2n) is 3.00. The number of hydrogen-bond acceptors (Lipinski definition) is 2. The Morgan fingerprint density at radius 3 is 2.29 bits per heavy atom. The van der Waals surface area contributed by atoms with Crippen LogP contribution < -0.4 is 0 Å². The summed E-state index contributed by atoms with van der Waals surface area (Å²) in [6, 6.07) is 6.24. The zero-order valence-electron chi connectivity index (χ0n) is 7.74. The molecule has 1 aromatic heterocycles. The van der Waals surface area contributed by atoms with Gasteiger partial charge < -0.3 is 0 Å². The van der Waals surface area contributed by atoms with Crippen molar-refractivity contribution in [3.8, 4) is 11.3 Å². The highest BCUT2D eigenvalue weighted by Crippen LogP contribution is 2.18. The number of halogens is 1. The molecule has 2 nitrogen and oxygen atoms in total. The Bertz CT molecular complexity index is 437. The summed E-state index contributed by atoms with van der Waals surface area (Å²) in [6.07, 6.45) is 3.27. The fraction of sp³-hybridized carbons (Fsp3) is 0.0909. The van der Waals surface area contributed by atoms with Gasteiger partial charge in [-0.2, -0.15) is 0 Å². The van der Waals surface area contributed by atoms with Crippen molar-refractivity contribution in [1.29, 1.82) is 0 Å². The van der Waals surface area contributed by atoms with Gasteiger partial charge in [0.2, 0.25) is 0 Å². The van der Waals surface area contributed by atoms with E-state index in [-0.39, 0.29) is 5.82 Å². The van der Waals surface area contributed by atoms with Gasteiger partial charge in [-0.1, -0.05) is 0 Å². The van der Waals surface area contributed by atoms with E-state index in [4.69, 9.17) is 0 Å². The standard InChI is InChI=1S/C11H9FN2/c1-8-11(14-7-6-13-8)9-2-4-10(12)5-3-9/h2-7H,1H3. The molecule has 0 spiro atoms. The van der Waals surface area contributed by atoms with Crippen molar-refractivity contribution in [1.82, 2.24) is 9.97 Å². The maximum Gasteiger partial charge on any atom is 0.123 e. The molecule has 0 amide bonds. The summed E-state index contributed by atoms with van der Waals surface area (Å²) in [5.74, 6) is -0.240. The Hall–Kier alpha value is -1.77. The summed E-state index contributed by atoms with van der Waals surface area (Å²) in [4.78, 5) is 8.31. The number of benzene rings is 1.